The minimum absolute atomic E-state index is 0.00788. The molecule has 0 bridgehead atoms. The van der Waals surface area contributed by atoms with Crippen molar-refractivity contribution in [1.29, 1.82) is 0 Å². The lowest BCUT2D eigenvalue weighted by molar-refractivity contribution is -0.359. The molecule has 3 saturated heterocycles. The molecule has 18 heteroatoms. The lowest BCUT2D eigenvalue weighted by atomic mass is 9.96. The number of hydrogen-bond donors (Lipinski definition) is 9. The number of rotatable bonds is 9. The van der Waals surface area contributed by atoms with Crippen molar-refractivity contribution in [2.75, 3.05) is 20.0 Å². The number of ether oxygens (including phenoxy) is 8. The zero-order chi connectivity index (χ0) is 37.0. The van der Waals surface area contributed by atoms with Gasteiger partial charge in [0.15, 0.2) is 24.1 Å². The summed E-state index contributed by atoms with van der Waals surface area (Å²) in [5, 5.41) is 95.7. The van der Waals surface area contributed by atoms with E-state index in [0.29, 0.717) is 33.7 Å². The van der Waals surface area contributed by atoms with Crippen molar-refractivity contribution in [3.8, 4) is 28.4 Å². The van der Waals surface area contributed by atoms with Crippen LogP contribution in [0.25, 0.3) is 22.0 Å². The number of aromatic nitrogens is 1. The van der Waals surface area contributed by atoms with Crippen molar-refractivity contribution in [1.82, 2.24) is 4.57 Å². The van der Waals surface area contributed by atoms with Crippen LogP contribution in [0.4, 0.5) is 0 Å². The lowest BCUT2D eigenvalue weighted by Crippen LogP contribution is -2.63. The van der Waals surface area contributed by atoms with E-state index in [9.17, 15) is 46.0 Å². The van der Waals surface area contributed by atoms with Gasteiger partial charge >= 0.3 is 0 Å². The summed E-state index contributed by atoms with van der Waals surface area (Å²) in [6, 6.07) is 8.70. The highest BCUT2D eigenvalue weighted by Gasteiger charge is 2.50. The fraction of sp³-hybridized carbons (Fsp3) is 0.588. The number of hydrogen-bond acceptors (Lipinski definition) is 17. The SMILES string of the molecule is CC1OC(OCC2OC(Oc3ccc4ccn(C)c4c3-c3cc4c(cc3CO)OCO4)C(O)C(O)C2O)C(OC2OCC(O)C(O)C2O)C(O)C1O. The van der Waals surface area contributed by atoms with Crippen LogP contribution in [0.2, 0.25) is 0 Å². The van der Waals surface area contributed by atoms with Crippen molar-refractivity contribution in [2.45, 2.75) is 99.5 Å². The minimum Gasteiger partial charge on any atom is -0.461 e. The van der Waals surface area contributed by atoms with Crippen LogP contribution in [-0.4, -0.2) is 157 Å². The number of aliphatic hydroxyl groups excluding tert-OH is 9. The Morgan fingerprint density at radius 1 is 0.788 bits per heavy atom. The van der Waals surface area contributed by atoms with Crippen LogP contribution in [0.3, 0.4) is 0 Å². The number of nitrogens with zero attached hydrogens (tertiary/aromatic N) is 1. The summed E-state index contributed by atoms with van der Waals surface area (Å²) in [5.74, 6) is 1.11. The maximum atomic E-state index is 11.0. The molecule has 5 heterocycles. The summed E-state index contributed by atoms with van der Waals surface area (Å²) in [7, 11) is 1.83. The minimum atomic E-state index is -1.78. The number of fused-ring (bicyclic) bond motifs is 2. The Kier molecular flexibility index (Phi) is 10.7. The third kappa shape index (κ3) is 6.73. The fourth-order valence-electron chi connectivity index (χ4n) is 6.88. The molecular formula is C34H43NO17. The zero-order valence-corrected chi connectivity index (χ0v) is 28.1. The van der Waals surface area contributed by atoms with Crippen LogP contribution in [-0.2, 0) is 37.3 Å². The fourth-order valence-corrected chi connectivity index (χ4v) is 6.88. The first-order valence-electron chi connectivity index (χ1n) is 16.8. The molecule has 14 unspecified atom stereocenters. The molecule has 9 N–H and O–H groups in total. The van der Waals surface area contributed by atoms with Gasteiger partial charge in [0, 0.05) is 24.2 Å². The van der Waals surface area contributed by atoms with E-state index < -0.39 is 99.2 Å². The van der Waals surface area contributed by atoms with Crippen molar-refractivity contribution in [3.63, 3.8) is 0 Å². The molecule has 7 rings (SSSR count). The summed E-state index contributed by atoms with van der Waals surface area (Å²) >= 11 is 0. The Morgan fingerprint density at radius 2 is 1.52 bits per heavy atom. The molecule has 1 aromatic heterocycles. The first kappa shape index (κ1) is 37.1. The molecular weight excluding hydrogens is 694 g/mol. The van der Waals surface area contributed by atoms with Crippen LogP contribution in [0.5, 0.6) is 17.2 Å². The summed E-state index contributed by atoms with van der Waals surface area (Å²) < 4.78 is 47.8. The van der Waals surface area contributed by atoms with Crippen LogP contribution in [0, 0.1) is 0 Å². The molecule has 3 fully saturated rings. The molecule has 4 aliphatic heterocycles. The second-order valence-corrected chi connectivity index (χ2v) is 13.3. The average Bonchev–Trinajstić information content (AvgIpc) is 3.76. The highest BCUT2D eigenvalue weighted by molar-refractivity contribution is 5.99. The second-order valence-electron chi connectivity index (χ2n) is 13.3. The number of aliphatic hydroxyl groups is 9. The highest BCUT2D eigenvalue weighted by Crippen LogP contribution is 2.45. The molecule has 2 aromatic carbocycles. The Hall–Kier alpha value is -3.18. The molecule has 0 radical (unpaired) electrons. The maximum Gasteiger partial charge on any atom is 0.231 e. The Labute approximate surface area is 296 Å². The topological polar surface area (TPSA) is 261 Å². The van der Waals surface area contributed by atoms with Crippen LogP contribution >= 0.6 is 0 Å². The first-order chi connectivity index (χ1) is 24.9. The van der Waals surface area contributed by atoms with E-state index in [1.54, 1.807) is 24.3 Å². The van der Waals surface area contributed by atoms with Gasteiger partial charge in [-0.3, -0.25) is 0 Å². The molecule has 0 amide bonds. The average molecular weight is 738 g/mol. The monoisotopic (exact) mass is 737 g/mol. The van der Waals surface area contributed by atoms with Gasteiger partial charge in [0.2, 0.25) is 13.1 Å². The van der Waals surface area contributed by atoms with Crippen LogP contribution in [0.1, 0.15) is 12.5 Å². The van der Waals surface area contributed by atoms with Gasteiger partial charge in [-0.25, -0.2) is 0 Å². The molecule has 0 spiro atoms. The summed E-state index contributed by atoms with van der Waals surface area (Å²) in [6.07, 6.45) is -19.7. The van der Waals surface area contributed by atoms with Crippen molar-refractivity contribution < 1.29 is 83.9 Å². The van der Waals surface area contributed by atoms with Crippen molar-refractivity contribution in [3.05, 3.63) is 42.1 Å². The van der Waals surface area contributed by atoms with Crippen molar-refractivity contribution >= 4 is 10.9 Å². The van der Waals surface area contributed by atoms with Gasteiger partial charge in [0.25, 0.3) is 0 Å². The molecule has 52 heavy (non-hydrogen) atoms. The van der Waals surface area contributed by atoms with E-state index in [4.69, 9.17) is 37.9 Å². The van der Waals surface area contributed by atoms with Gasteiger partial charge < -0.3 is 88.4 Å². The predicted octanol–water partition coefficient (Wildman–Crippen LogP) is -2.44. The van der Waals surface area contributed by atoms with Gasteiger partial charge in [0.1, 0.15) is 66.8 Å². The molecule has 0 aliphatic carbocycles. The molecule has 0 saturated carbocycles. The third-order valence-corrected chi connectivity index (χ3v) is 9.91. The molecule has 4 aliphatic rings. The normalized spacial score (nSPS) is 37.8. The van der Waals surface area contributed by atoms with Gasteiger partial charge in [-0.2, -0.15) is 0 Å². The third-order valence-electron chi connectivity index (χ3n) is 9.91. The molecule has 18 nitrogen and oxygen atoms in total. The van der Waals surface area contributed by atoms with Gasteiger partial charge in [-0.05, 0) is 48.4 Å². The Balaban J connectivity index is 1.13. The summed E-state index contributed by atoms with van der Waals surface area (Å²) in [6.45, 7) is 0.196. The number of benzene rings is 2. The quantitative estimate of drug-likeness (QED) is 0.111. The van der Waals surface area contributed by atoms with E-state index in [0.717, 1.165) is 5.39 Å². The zero-order valence-electron chi connectivity index (χ0n) is 28.1. The summed E-state index contributed by atoms with van der Waals surface area (Å²) in [5.41, 5.74) is 2.27. The van der Waals surface area contributed by atoms with E-state index in [1.807, 2.05) is 23.9 Å². The number of aryl methyl sites for hydroxylation is 1. The van der Waals surface area contributed by atoms with Gasteiger partial charge in [0.05, 0.1) is 31.4 Å². The predicted molar refractivity (Wildman–Crippen MR) is 173 cm³/mol. The van der Waals surface area contributed by atoms with E-state index in [2.05, 4.69) is 0 Å². The first-order valence-corrected chi connectivity index (χ1v) is 16.8. The molecule has 3 aromatic rings. The van der Waals surface area contributed by atoms with E-state index >= 15 is 0 Å². The second kappa shape index (κ2) is 14.9. The smallest absolute Gasteiger partial charge is 0.231 e. The molecule has 14 atom stereocenters. The van der Waals surface area contributed by atoms with Crippen molar-refractivity contribution in [2.24, 2.45) is 7.05 Å². The Bertz CT molecular complexity index is 1720. The van der Waals surface area contributed by atoms with E-state index in [1.165, 1.54) is 6.92 Å². The van der Waals surface area contributed by atoms with Crippen LogP contribution < -0.4 is 14.2 Å². The van der Waals surface area contributed by atoms with Crippen LogP contribution in [0.15, 0.2) is 36.5 Å². The van der Waals surface area contributed by atoms with Gasteiger partial charge in [-0.1, -0.05) is 0 Å². The largest absolute Gasteiger partial charge is 0.461 e. The summed E-state index contributed by atoms with van der Waals surface area (Å²) in [4.78, 5) is 0. The van der Waals surface area contributed by atoms with Gasteiger partial charge in [-0.15, -0.1) is 0 Å². The van der Waals surface area contributed by atoms with E-state index in [-0.39, 0.29) is 19.1 Å². The Morgan fingerprint density at radius 3 is 2.27 bits per heavy atom. The lowest BCUT2D eigenvalue weighted by Gasteiger charge is -2.45. The highest BCUT2D eigenvalue weighted by atomic mass is 16.8. The molecule has 286 valence electrons. The maximum absolute atomic E-state index is 11.0. The standard InChI is InChI=1S/C34H43NO17/c1-13-24(38)28(42)31(52-32-29(43)25(39)17(37)10-45-32)34(49-13)46-11-21-26(40)27(41)30(44)33(51-21)50-18-4-3-14-5-6-35(2)23(14)22(18)16-8-20-19(47-12-48-20)7-15(16)9-36/h3-8,13,17,21,24-34,36-44H,9-12H2,1-2H3.